The molecule has 21 nitrogen and oxygen atoms in total. The van der Waals surface area contributed by atoms with E-state index in [-0.39, 0.29) is 62.4 Å². The van der Waals surface area contributed by atoms with Crippen molar-refractivity contribution in [2.24, 2.45) is 0 Å². The van der Waals surface area contributed by atoms with Gasteiger partial charge in [-0.15, -0.1) is 0 Å². The molecular weight excluding hydrogens is 754 g/mol. The Morgan fingerprint density at radius 3 is 1.32 bits per heavy atom. The highest BCUT2D eigenvalue weighted by molar-refractivity contribution is 6.01. The molecular formula is C36H43N7O14. The number of rotatable bonds is 21. The van der Waals surface area contributed by atoms with Gasteiger partial charge in [-0.3, -0.25) is 38.5 Å². The van der Waals surface area contributed by atoms with Gasteiger partial charge in [0.25, 0.3) is 17.7 Å². The van der Waals surface area contributed by atoms with Crippen LogP contribution < -0.4 is 31.9 Å². The predicted molar refractivity (Wildman–Crippen MR) is 198 cm³/mol. The average Bonchev–Trinajstić information content (AvgIpc) is 3.17. The molecule has 0 spiro atoms. The second kappa shape index (κ2) is 21.6. The summed E-state index contributed by atoms with van der Waals surface area (Å²) >= 11 is 0. The number of carboxylic acid groups (broad SMARTS) is 1. The largest absolute Gasteiger partial charge is 0.504 e. The fourth-order valence-corrected chi connectivity index (χ4v) is 5.06. The number of aromatic hydroxyl groups is 6. The van der Waals surface area contributed by atoms with Crippen LogP contribution in [0.4, 0.5) is 0 Å². The van der Waals surface area contributed by atoms with E-state index in [1.165, 1.54) is 48.5 Å². The van der Waals surface area contributed by atoms with Gasteiger partial charge in [-0.25, -0.2) is 0 Å². The number of carboxylic acids is 1. The highest BCUT2D eigenvalue weighted by Crippen LogP contribution is 2.29. The van der Waals surface area contributed by atoms with Gasteiger partial charge < -0.3 is 67.6 Å². The van der Waals surface area contributed by atoms with E-state index in [2.05, 4.69) is 31.9 Å². The molecule has 1 atom stereocenters. The Labute approximate surface area is 324 Å². The number of phenols is 6. The van der Waals surface area contributed by atoms with Crippen LogP contribution in [0.3, 0.4) is 0 Å². The number of carbonyl (C=O) groups excluding carboxylic acids is 6. The lowest BCUT2D eigenvalue weighted by atomic mass is 10.1. The molecule has 0 radical (unpaired) electrons. The fraction of sp³-hybridized carbons (Fsp3) is 0.306. The molecule has 6 amide bonds. The number of para-hydroxylation sites is 3. The molecule has 0 aliphatic rings. The van der Waals surface area contributed by atoms with Crippen molar-refractivity contribution >= 4 is 41.4 Å². The number of nitrogens with one attached hydrogen (secondary N) is 6. The summed E-state index contributed by atoms with van der Waals surface area (Å²) in [5, 5.41) is 82.7. The normalized spacial score (nSPS) is 11.2. The molecule has 13 N–H and O–H groups in total. The van der Waals surface area contributed by atoms with E-state index in [1.807, 2.05) is 0 Å². The number of carbonyl (C=O) groups is 7. The van der Waals surface area contributed by atoms with Gasteiger partial charge in [-0.05, 0) is 42.8 Å². The van der Waals surface area contributed by atoms with Crippen molar-refractivity contribution in [3.05, 3.63) is 71.3 Å². The Balaban J connectivity index is 1.58. The first-order chi connectivity index (χ1) is 27.1. The van der Waals surface area contributed by atoms with Crippen LogP contribution in [-0.2, 0) is 19.2 Å². The van der Waals surface area contributed by atoms with Crippen LogP contribution in [0.25, 0.3) is 0 Å². The Morgan fingerprint density at radius 1 is 0.526 bits per heavy atom. The van der Waals surface area contributed by atoms with Crippen molar-refractivity contribution in [2.45, 2.75) is 18.9 Å². The van der Waals surface area contributed by atoms with Crippen LogP contribution in [-0.4, -0.2) is 140 Å². The van der Waals surface area contributed by atoms with E-state index in [1.54, 1.807) is 4.90 Å². The molecule has 0 bridgehead atoms. The standard InChI is InChI=1S/C36H43N7O14/c44-24-7-1-4-20(30(24)51)33(54)40-18-27(47)37-12-15-43(16-13-38-28(48)19-41-34(55)21-5-2-8-25(45)31(21)52)17-14-39-36(57)23(10-11-29(49)50)42-35(56)22-6-3-9-26(46)32(22)53/h1-9,23,44-46,51-53H,10-19H2,(H,37,47)(H,38,48)(H,39,57)(H,40,54)(H,41,55)(H,42,56)(H,49,50). The van der Waals surface area contributed by atoms with Crippen LogP contribution in [0, 0.1) is 0 Å². The zero-order valence-electron chi connectivity index (χ0n) is 30.3. The number of phenolic OH excluding ortho intramolecular Hbond substituents is 6. The van der Waals surface area contributed by atoms with E-state index < -0.39 is 101 Å². The molecule has 57 heavy (non-hydrogen) atoms. The zero-order chi connectivity index (χ0) is 42.1. The van der Waals surface area contributed by atoms with Gasteiger partial charge in [0, 0.05) is 45.7 Å². The summed E-state index contributed by atoms with van der Waals surface area (Å²) in [6, 6.07) is 9.74. The summed E-state index contributed by atoms with van der Waals surface area (Å²) in [7, 11) is 0. The van der Waals surface area contributed by atoms with E-state index in [9.17, 15) is 69.3 Å². The Hall–Kier alpha value is -7.29. The molecule has 3 rings (SSSR count). The topological polar surface area (TPSA) is 337 Å². The van der Waals surface area contributed by atoms with E-state index in [0.717, 1.165) is 6.07 Å². The summed E-state index contributed by atoms with van der Waals surface area (Å²) in [5.74, 6) is -9.52. The third-order valence-corrected chi connectivity index (χ3v) is 8.09. The maximum atomic E-state index is 13.1. The van der Waals surface area contributed by atoms with Crippen molar-refractivity contribution < 1.29 is 69.3 Å². The maximum Gasteiger partial charge on any atom is 0.303 e. The Bertz CT molecular complexity index is 1870. The third-order valence-electron chi connectivity index (χ3n) is 8.09. The lowest BCUT2D eigenvalue weighted by molar-refractivity contribution is -0.137. The van der Waals surface area contributed by atoms with Crippen LogP contribution >= 0.6 is 0 Å². The number of hydrogen-bond donors (Lipinski definition) is 13. The molecule has 306 valence electrons. The lowest BCUT2D eigenvalue weighted by Crippen LogP contribution is -2.49. The number of hydrogen-bond acceptors (Lipinski definition) is 14. The number of nitrogens with zero attached hydrogens (tertiary/aromatic N) is 1. The van der Waals surface area contributed by atoms with Crippen LogP contribution in [0.15, 0.2) is 54.6 Å². The molecule has 0 heterocycles. The van der Waals surface area contributed by atoms with Gasteiger partial charge in [0.1, 0.15) is 6.04 Å². The molecule has 0 saturated heterocycles. The van der Waals surface area contributed by atoms with Crippen molar-refractivity contribution in [3.63, 3.8) is 0 Å². The van der Waals surface area contributed by atoms with Crippen LogP contribution in [0.1, 0.15) is 43.9 Å². The number of aliphatic carboxylic acids is 1. The zero-order valence-corrected chi connectivity index (χ0v) is 30.3. The second-order valence-electron chi connectivity index (χ2n) is 12.2. The molecule has 0 aliphatic carbocycles. The van der Waals surface area contributed by atoms with Crippen molar-refractivity contribution in [3.8, 4) is 34.5 Å². The minimum Gasteiger partial charge on any atom is -0.504 e. The molecule has 0 fully saturated rings. The van der Waals surface area contributed by atoms with Crippen molar-refractivity contribution in [1.29, 1.82) is 0 Å². The highest BCUT2D eigenvalue weighted by Gasteiger charge is 2.25. The molecule has 3 aromatic rings. The van der Waals surface area contributed by atoms with Crippen molar-refractivity contribution in [2.75, 3.05) is 52.4 Å². The quantitative estimate of drug-likeness (QED) is 0.0540. The second-order valence-corrected chi connectivity index (χ2v) is 12.2. The molecule has 3 aromatic carbocycles. The minimum atomic E-state index is -1.36. The van der Waals surface area contributed by atoms with Gasteiger partial charge in [0.05, 0.1) is 29.8 Å². The van der Waals surface area contributed by atoms with Gasteiger partial charge in [0.15, 0.2) is 34.5 Å². The monoisotopic (exact) mass is 797 g/mol. The number of amides is 6. The molecule has 0 saturated carbocycles. The van der Waals surface area contributed by atoms with Gasteiger partial charge in [-0.1, -0.05) is 18.2 Å². The van der Waals surface area contributed by atoms with Gasteiger partial charge in [0.2, 0.25) is 17.7 Å². The average molecular weight is 798 g/mol. The molecule has 0 aliphatic heterocycles. The van der Waals surface area contributed by atoms with Crippen LogP contribution in [0.2, 0.25) is 0 Å². The SMILES string of the molecule is O=C(O)CCC(NC(=O)c1cccc(O)c1O)C(=O)NCCN(CCNC(=O)CNC(=O)c1cccc(O)c1O)CCNC(=O)CNC(=O)c1cccc(O)c1O. The van der Waals surface area contributed by atoms with Crippen LogP contribution in [0.5, 0.6) is 34.5 Å². The minimum absolute atomic E-state index is 0.00213. The summed E-state index contributed by atoms with van der Waals surface area (Å²) in [6.45, 7) is -0.712. The summed E-state index contributed by atoms with van der Waals surface area (Å²) in [6.07, 6.45) is -0.821. The van der Waals surface area contributed by atoms with E-state index >= 15 is 0 Å². The third kappa shape index (κ3) is 13.8. The lowest BCUT2D eigenvalue weighted by Gasteiger charge is -2.24. The molecule has 21 heteroatoms. The van der Waals surface area contributed by atoms with E-state index in [4.69, 9.17) is 0 Å². The predicted octanol–water partition coefficient (Wildman–Crippen LogP) is -1.61. The van der Waals surface area contributed by atoms with Gasteiger partial charge >= 0.3 is 5.97 Å². The highest BCUT2D eigenvalue weighted by atomic mass is 16.4. The first-order valence-corrected chi connectivity index (χ1v) is 17.2. The Kier molecular flexibility index (Phi) is 16.7. The first-order valence-electron chi connectivity index (χ1n) is 17.2. The summed E-state index contributed by atoms with van der Waals surface area (Å²) in [5.41, 5.74) is -0.859. The summed E-state index contributed by atoms with van der Waals surface area (Å²) in [4.78, 5) is 88.5. The smallest absolute Gasteiger partial charge is 0.303 e. The molecule has 0 aromatic heterocycles. The van der Waals surface area contributed by atoms with Gasteiger partial charge in [-0.2, -0.15) is 0 Å². The maximum absolute atomic E-state index is 13.1. The fourth-order valence-electron chi connectivity index (χ4n) is 5.06. The van der Waals surface area contributed by atoms with Crippen molar-refractivity contribution in [1.82, 2.24) is 36.8 Å². The Morgan fingerprint density at radius 2 is 0.912 bits per heavy atom. The summed E-state index contributed by atoms with van der Waals surface area (Å²) < 4.78 is 0. The molecule has 1 unspecified atom stereocenters. The number of benzene rings is 3. The first kappa shape index (κ1) is 44.1. The van der Waals surface area contributed by atoms with E-state index in [0.29, 0.717) is 0 Å².